The molecular formula is C17H16N2. The molecule has 1 atom stereocenters. The second-order valence-corrected chi connectivity index (χ2v) is 4.79. The predicted molar refractivity (Wildman–Crippen MR) is 79.0 cm³/mol. The average molecular weight is 248 g/mol. The van der Waals surface area contributed by atoms with Gasteiger partial charge in [0.1, 0.15) is 0 Å². The van der Waals surface area contributed by atoms with E-state index in [9.17, 15) is 0 Å². The van der Waals surface area contributed by atoms with Crippen LogP contribution in [0.2, 0.25) is 0 Å². The van der Waals surface area contributed by atoms with Gasteiger partial charge in [-0.2, -0.15) is 0 Å². The number of hydrogen-bond acceptors (Lipinski definition) is 2. The van der Waals surface area contributed by atoms with E-state index in [2.05, 4.69) is 42.2 Å². The molecule has 3 aromatic rings. The largest absolute Gasteiger partial charge is 0.320 e. The van der Waals surface area contributed by atoms with Crippen molar-refractivity contribution in [3.8, 4) is 0 Å². The molecule has 0 aliphatic heterocycles. The Morgan fingerprint density at radius 3 is 2.68 bits per heavy atom. The third kappa shape index (κ3) is 2.23. The van der Waals surface area contributed by atoms with E-state index in [1.54, 1.807) is 0 Å². The highest BCUT2D eigenvalue weighted by Gasteiger charge is 2.11. The van der Waals surface area contributed by atoms with Crippen LogP contribution in [0, 0.1) is 6.92 Å². The lowest BCUT2D eigenvalue weighted by molar-refractivity contribution is 0.863. The Balaban J connectivity index is 2.07. The minimum Gasteiger partial charge on any atom is -0.320 e. The minimum atomic E-state index is -0.0918. The van der Waals surface area contributed by atoms with E-state index in [-0.39, 0.29) is 6.04 Å². The molecule has 0 spiro atoms. The Hall–Kier alpha value is -2.19. The fourth-order valence-electron chi connectivity index (χ4n) is 2.40. The zero-order valence-corrected chi connectivity index (χ0v) is 10.9. The normalized spacial score (nSPS) is 12.5. The van der Waals surface area contributed by atoms with Gasteiger partial charge in [-0.05, 0) is 41.8 Å². The molecule has 0 fully saturated rings. The van der Waals surface area contributed by atoms with Gasteiger partial charge in [-0.15, -0.1) is 0 Å². The summed E-state index contributed by atoms with van der Waals surface area (Å²) in [5, 5.41) is 1.13. The lowest BCUT2D eigenvalue weighted by Gasteiger charge is -2.15. The van der Waals surface area contributed by atoms with Gasteiger partial charge in [0, 0.05) is 11.6 Å². The van der Waals surface area contributed by atoms with E-state index in [1.807, 2.05) is 30.5 Å². The van der Waals surface area contributed by atoms with Gasteiger partial charge in [0.05, 0.1) is 11.6 Å². The summed E-state index contributed by atoms with van der Waals surface area (Å²) in [4.78, 5) is 4.33. The molecule has 0 bridgehead atoms. The van der Waals surface area contributed by atoms with Gasteiger partial charge in [0.2, 0.25) is 0 Å². The van der Waals surface area contributed by atoms with E-state index in [4.69, 9.17) is 5.73 Å². The van der Waals surface area contributed by atoms with Gasteiger partial charge in [-0.1, -0.05) is 36.4 Å². The lowest BCUT2D eigenvalue weighted by atomic mass is 9.95. The Kier molecular flexibility index (Phi) is 3.02. The molecule has 2 nitrogen and oxygen atoms in total. The van der Waals surface area contributed by atoms with Gasteiger partial charge in [-0.25, -0.2) is 0 Å². The molecule has 1 aromatic heterocycles. The number of benzene rings is 2. The highest BCUT2D eigenvalue weighted by atomic mass is 14.7. The average Bonchev–Trinajstić information content (AvgIpc) is 2.46. The molecule has 0 saturated heterocycles. The molecule has 1 unspecified atom stereocenters. The fourth-order valence-corrected chi connectivity index (χ4v) is 2.40. The first-order valence-corrected chi connectivity index (χ1v) is 6.41. The van der Waals surface area contributed by atoms with E-state index >= 15 is 0 Å². The third-order valence-corrected chi connectivity index (χ3v) is 3.51. The first-order valence-electron chi connectivity index (χ1n) is 6.41. The van der Waals surface area contributed by atoms with Crippen LogP contribution in [-0.2, 0) is 0 Å². The molecule has 0 amide bonds. The zero-order chi connectivity index (χ0) is 13.2. The van der Waals surface area contributed by atoms with Crippen LogP contribution in [-0.4, -0.2) is 4.98 Å². The maximum atomic E-state index is 6.39. The van der Waals surface area contributed by atoms with Crippen LogP contribution >= 0.6 is 0 Å². The molecule has 19 heavy (non-hydrogen) atoms. The molecule has 2 N–H and O–H groups in total. The molecule has 3 rings (SSSR count). The second kappa shape index (κ2) is 4.82. The van der Waals surface area contributed by atoms with Crippen molar-refractivity contribution in [1.29, 1.82) is 0 Å². The number of rotatable bonds is 2. The topological polar surface area (TPSA) is 38.9 Å². The maximum Gasteiger partial charge on any atom is 0.0702 e. The molecule has 2 aromatic carbocycles. The summed E-state index contributed by atoms with van der Waals surface area (Å²) >= 11 is 0. The molecule has 0 aliphatic rings. The fraction of sp³-hybridized carbons (Fsp3) is 0.118. The summed E-state index contributed by atoms with van der Waals surface area (Å²) in [7, 11) is 0. The van der Waals surface area contributed by atoms with E-state index in [1.165, 1.54) is 11.1 Å². The van der Waals surface area contributed by atoms with Crippen molar-refractivity contribution < 1.29 is 0 Å². The number of fused-ring (bicyclic) bond motifs is 1. The number of aryl methyl sites for hydroxylation is 1. The Labute approximate surface area is 112 Å². The van der Waals surface area contributed by atoms with Crippen LogP contribution in [0.4, 0.5) is 0 Å². The summed E-state index contributed by atoms with van der Waals surface area (Å²) in [6.45, 7) is 2.10. The summed E-state index contributed by atoms with van der Waals surface area (Å²) in [5.74, 6) is 0. The summed E-state index contributed by atoms with van der Waals surface area (Å²) in [6.07, 6.45) is 1.81. The zero-order valence-electron chi connectivity index (χ0n) is 10.9. The van der Waals surface area contributed by atoms with Crippen molar-refractivity contribution in [2.75, 3.05) is 0 Å². The van der Waals surface area contributed by atoms with Crippen LogP contribution in [0.1, 0.15) is 22.7 Å². The number of aromatic nitrogens is 1. The Morgan fingerprint density at radius 1 is 1.00 bits per heavy atom. The predicted octanol–water partition coefficient (Wildman–Crippen LogP) is 3.59. The quantitative estimate of drug-likeness (QED) is 0.752. The summed E-state index contributed by atoms with van der Waals surface area (Å²) in [5.41, 5.74) is 10.9. The molecular weight excluding hydrogens is 232 g/mol. The first kappa shape index (κ1) is 11.9. The SMILES string of the molecule is Cc1ccccc1C(N)c1ccc2ncccc2c1. The smallest absolute Gasteiger partial charge is 0.0702 e. The second-order valence-electron chi connectivity index (χ2n) is 4.79. The molecule has 0 radical (unpaired) electrons. The molecule has 94 valence electrons. The van der Waals surface area contributed by atoms with Crippen LogP contribution in [0.25, 0.3) is 10.9 Å². The first-order chi connectivity index (χ1) is 9.25. The third-order valence-electron chi connectivity index (χ3n) is 3.51. The van der Waals surface area contributed by atoms with Gasteiger partial charge in [0.15, 0.2) is 0 Å². The van der Waals surface area contributed by atoms with Crippen molar-refractivity contribution >= 4 is 10.9 Å². The molecule has 0 aliphatic carbocycles. The summed E-state index contributed by atoms with van der Waals surface area (Å²) in [6, 6.07) is 18.4. The number of nitrogens with zero attached hydrogens (tertiary/aromatic N) is 1. The van der Waals surface area contributed by atoms with Gasteiger partial charge in [0.25, 0.3) is 0 Å². The highest BCUT2D eigenvalue weighted by Crippen LogP contribution is 2.24. The van der Waals surface area contributed by atoms with Crippen LogP contribution < -0.4 is 5.73 Å². The van der Waals surface area contributed by atoms with E-state index in [0.29, 0.717) is 0 Å². The van der Waals surface area contributed by atoms with Crippen molar-refractivity contribution in [2.45, 2.75) is 13.0 Å². The van der Waals surface area contributed by atoms with Gasteiger partial charge in [-0.3, -0.25) is 4.98 Å². The Morgan fingerprint density at radius 2 is 1.84 bits per heavy atom. The highest BCUT2D eigenvalue weighted by molar-refractivity contribution is 5.79. The van der Waals surface area contributed by atoms with E-state index in [0.717, 1.165) is 16.5 Å². The van der Waals surface area contributed by atoms with Crippen LogP contribution in [0.3, 0.4) is 0 Å². The van der Waals surface area contributed by atoms with Crippen molar-refractivity contribution in [3.05, 3.63) is 77.5 Å². The van der Waals surface area contributed by atoms with Crippen molar-refractivity contribution in [2.24, 2.45) is 5.73 Å². The number of hydrogen-bond donors (Lipinski definition) is 1. The standard InChI is InChI=1S/C17H16N2/c1-12-5-2-3-7-15(12)17(18)14-8-9-16-13(11-14)6-4-10-19-16/h2-11,17H,18H2,1H3. The lowest BCUT2D eigenvalue weighted by Crippen LogP contribution is -2.13. The Bertz CT molecular complexity index is 719. The maximum absolute atomic E-state index is 6.39. The molecule has 0 saturated carbocycles. The van der Waals surface area contributed by atoms with E-state index < -0.39 is 0 Å². The molecule has 2 heteroatoms. The minimum absolute atomic E-state index is 0.0918. The number of pyridine rings is 1. The van der Waals surface area contributed by atoms with Gasteiger partial charge < -0.3 is 5.73 Å². The monoisotopic (exact) mass is 248 g/mol. The van der Waals surface area contributed by atoms with Crippen molar-refractivity contribution in [1.82, 2.24) is 4.98 Å². The van der Waals surface area contributed by atoms with Crippen LogP contribution in [0.15, 0.2) is 60.8 Å². The van der Waals surface area contributed by atoms with Crippen LogP contribution in [0.5, 0.6) is 0 Å². The number of nitrogens with two attached hydrogens (primary N) is 1. The van der Waals surface area contributed by atoms with Gasteiger partial charge >= 0.3 is 0 Å². The van der Waals surface area contributed by atoms with Crippen molar-refractivity contribution in [3.63, 3.8) is 0 Å². The summed E-state index contributed by atoms with van der Waals surface area (Å²) < 4.78 is 0. The molecule has 1 heterocycles.